The molecule has 0 aliphatic carbocycles. The molecule has 2 N–H and O–H groups in total. The number of carbonyl (C=O) groups is 2. The van der Waals surface area contributed by atoms with E-state index in [2.05, 4.69) is 6.92 Å². The van der Waals surface area contributed by atoms with Crippen LogP contribution in [-0.2, 0) is 14.3 Å². The summed E-state index contributed by atoms with van der Waals surface area (Å²) in [6, 6.07) is 0. The predicted octanol–water partition coefficient (Wildman–Crippen LogP) is 3.78. The maximum atomic E-state index is 11.8. The maximum Gasteiger partial charge on any atom is 0.328 e. The normalized spacial score (nSPS) is 11.2. The molecule has 0 bridgehead atoms. The van der Waals surface area contributed by atoms with E-state index in [1.54, 1.807) is 0 Å². The third kappa shape index (κ3) is 17.8. The quantitative estimate of drug-likeness (QED) is 0.261. The molecule has 6 nitrogen and oxygen atoms in total. The largest absolute Gasteiger partial charge is 0.478 e. The molecule has 158 valence electrons. The summed E-state index contributed by atoms with van der Waals surface area (Å²) in [7, 11) is 0. The lowest BCUT2D eigenvalue weighted by molar-refractivity contribution is -0.132. The average molecular weight is 386 g/mol. The Hall–Kier alpha value is -1.40. The second-order valence-electron chi connectivity index (χ2n) is 6.87. The van der Waals surface area contributed by atoms with Crippen molar-refractivity contribution in [2.75, 3.05) is 32.9 Å². The summed E-state index contributed by atoms with van der Waals surface area (Å²) in [5, 5.41) is 17.6. The Morgan fingerprint density at radius 1 is 0.815 bits per heavy atom. The van der Waals surface area contributed by atoms with Crippen molar-refractivity contribution in [3.05, 3.63) is 12.2 Å². The van der Waals surface area contributed by atoms with Crippen LogP contribution >= 0.6 is 0 Å². The molecule has 0 spiro atoms. The zero-order valence-electron chi connectivity index (χ0n) is 17.0. The minimum atomic E-state index is -1.16. The molecule has 1 amide bonds. The monoisotopic (exact) mass is 385 g/mol. The third-order valence-electron chi connectivity index (χ3n) is 4.41. The van der Waals surface area contributed by atoms with Gasteiger partial charge in [0.25, 0.3) is 0 Å². The van der Waals surface area contributed by atoms with Gasteiger partial charge in [0.05, 0.1) is 6.61 Å². The minimum absolute atomic E-state index is 0.147. The van der Waals surface area contributed by atoms with Gasteiger partial charge in [-0.15, -0.1) is 0 Å². The Labute approximate surface area is 164 Å². The van der Waals surface area contributed by atoms with Crippen LogP contribution < -0.4 is 0 Å². The number of ether oxygens (including phenoxy) is 1. The second kappa shape index (κ2) is 19.4. The van der Waals surface area contributed by atoms with Gasteiger partial charge in [0.1, 0.15) is 0 Å². The molecule has 0 saturated heterocycles. The first-order valence-corrected chi connectivity index (χ1v) is 10.5. The van der Waals surface area contributed by atoms with Crippen LogP contribution in [-0.4, -0.2) is 59.9 Å². The van der Waals surface area contributed by atoms with E-state index in [1.807, 2.05) is 0 Å². The molecule has 0 aliphatic rings. The van der Waals surface area contributed by atoms with Gasteiger partial charge < -0.3 is 19.8 Å². The Bertz CT molecular complexity index is 398. The number of hydrogen-bond acceptors (Lipinski definition) is 4. The number of carboxylic acid groups (broad SMARTS) is 1. The topological polar surface area (TPSA) is 87.1 Å². The highest BCUT2D eigenvalue weighted by atomic mass is 16.5. The molecule has 0 heterocycles. The van der Waals surface area contributed by atoms with Crippen molar-refractivity contribution in [1.29, 1.82) is 0 Å². The predicted molar refractivity (Wildman–Crippen MR) is 108 cm³/mol. The summed E-state index contributed by atoms with van der Waals surface area (Å²) in [4.78, 5) is 23.7. The molecule has 0 radical (unpaired) electrons. The number of aliphatic hydroxyl groups is 1. The van der Waals surface area contributed by atoms with Crippen molar-refractivity contribution in [3.63, 3.8) is 0 Å². The number of carbonyl (C=O) groups excluding carboxylic acids is 1. The SMILES string of the molecule is CCCCCCCCCCCCOCCCN(CCO)C(=O)/C=C/C(=O)O. The van der Waals surface area contributed by atoms with Crippen LogP contribution in [0.4, 0.5) is 0 Å². The molecule has 0 aromatic carbocycles. The van der Waals surface area contributed by atoms with Gasteiger partial charge in [-0.1, -0.05) is 64.7 Å². The minimum Gasteiger partial charge on any atom is -0.478 e. The summed E-state index contributed by atoms with van der Waals surface area (Å²) in [5.74, 6) is -1.56. The Morgan fingerprint density at radius 2 is 1.37 bits per heavy atom. The van der Waals surface area contributed by atoms with Gasteiger partial charge in [0.2, 0.25) is 5.91 Å². The van der Waals surface area contributed by atoms with Crippen molar-refractivity contribution < 1.29 is 24.5 Å². The van der Waals surface area contributed by atoms with E-state index in [4.69, 9.17) is 14.9 Å². The average Bonchev–Trinajstić information content (AvgIpc) is 2.65. The fourth-order valence-electron chi connectivity index (χ4n) is 2.85. The van der Waals surface area contributed by atoms with Crippen LogP contribution in [0.1, 0.15) is 77.6 Å². The number of aliphatic carboxylic acids is 1. The molecule has 0 fully saturated rings. The van der Waals surface area contributed by atoms with Gasteiger partial charge in [-0.05, 0) is 12.8 Å². The molecule has 0 atom stereocenters. The summed E-state index contributed by atoms with van der Waals surface area (Å²) in [5.41, 5.74) is 0. The van der Waals surface area contributed by atoms with Crippen LogP contribution in [0, 0.1) is 0 Å². The van der Waals surface area contributed by atoms with E-state index < -0.39 is 11.9 Å². The fraction of sp³-hybridized carbons (Fsp3) is 0.810. The number of carboxylic acids is 1. The standard InChI is InChI=1S/C21H39NO5/c1-2-3-4-5-6-7-8-9-10-11-18-27-19-12-15-22(16-17-23)20(24)13-14-21(25)26/h13-14,23H,2-12,15-19H2,1H3,(H,25,26)/b14-13+. The van der Waals surface area contributed by atoms with Crippen LogP contribution in [0.3, 0.4) is 0 Å². The first-order valence-electron chi connectivity index (χ1n) is 10.5. The summed E-state index contributed by atoms with van der Waals surface area (Å²) >= 11 is 0. The van der Waals surface area contributed by atoms with Crippen LogP contribution in [0.2, 0.25) is 0 Å². The second-order valence-corrected chi connectivity index (χ2v) is 6.87. The number of nitrogens with zero attached hydrogens (tertiary/aromatic N) is 1. The van der Waals surface area contributed by atoms with Crippen molar-refractivity contribution in [2.45, 2.75) is 77.6 Å². The van der Waals surface area contributed by atoms with E-state index in [-0.39, 0.29) is 13.2 Å². The zero-order valence-corrected chi connectivity index (χ0v) is 17.0. The molecule has 0 aromatic heterocycles. The van der Waals surface area contributed by atoms with E-state index in [0.717, 1.165) is 25.2 Å². The maximum absolute atomic E-state index is 11.8. The van der Waals surface area contributed by atoms with Gasteiger partial charge >= 0.3 is 5.97 Å². The molecule has 27 heavy (non-hydrogen) atoms. The lowest BCUT2D eigenvalue weighted by Gasteiger charge is -2.19. The highest BCUT2D eigenvalue weighted by Gasteiger charge is 2.09. The molecular weight excluding hydrogens is 346 g/mol. The van der Waals surface area contributed by atoms with Gasteiger partial charge in [-0.25, -0.2) is 4.79 Å². The van der Waals surface area contributed by atoms with Crippen LogP contribution in [0.15, 0.2) is 12.2 Å². The van der Waals surface area contributed by atoms with E-state index in [1.165, 1.54) is 62.7 Å². The third-order valence-corrected chi connectivity index (χ3v) is 4.41. The molecule has 0 unspecified atom stereocenters. The first-order chi connectivity index (χ1) is 13.1. The number of hydrogen-bond donors (Lipinski definition) is 2. The first kappa shape index (κ1) is 25.6. The lowest BCUT2D eigenvalue weighted by atomic mass is 10.1. The highest BCUT2D eigenvalue weighted by Crippen LogP contribution is 2.10. The smallest absolute Gasteiger partial charge is 0.328 e. The van der Waals surface area contributed by atoms with Gasteiger partial charge in [0.15, 0.2) is 0 Å². The Kier molecular flexibility index (Phi) is 18.4. The van der Waals surface area contributed by atoms with Crippen LogP contribution in [0.25, 0.3) is 0 Å². The Balaban J connectivity index is 3.54. The van der Waals surface area contributed by atoms with E-state index in [9.17, 15) is 9.59 Å². The number of amides is 1. The van der Waals surface area contributed by atoms with Crippen molar-refractivity contribution in [3.8, 4) is 0 Å². The zero-order chi connectivity index (χ0) is 20.2. The van der Waals surface area contributed by atoms with Gasteiger partial charge in [-0.3, -0.25) is 4.79 Å². The number of rotatable bonds is 19. The fourth-order valence-corrected chi connectivity index (χ4v) is 2.85. The van der Waals surface area contributed by atoms with Crippen molar-refractivity contribution >= 4 is 11.9 Å². The van der Waals surface area contributed by atoms with Crippen molar-refractivity contribution in [2.24, 2.45) is 0 Å². The van der Waals surface area contributed by atoms with Gasteiger partial charge in [0, 0.05) is 38.5 Å². The molecule has 6 heteroatoms. The highest BCUT2D eigenvalue weighted by molar-refractivity contribution is 5.93. The lowest BCUT2D eigenvalue weighted by Crippen LogP contribution is -2.33. The van der Waals surface area contributed by atoms with Gasteiger partial charge in [-0.2, -0.15) is 0 Å². The molecular formula is C21H39NO5. The number of aliphatic hydroxyl groups excluding tert-OH is 1. The Morgan fingerprint density at radius 3 is 1.93 bits per heavy atom. The molecule has 0 aliphatic heterocycles. The number of unbranched alkanes of at least 4 members (excludes halogenated alkanes) is 9. The summed E-state index contributed by atoms with van der Waals surface area (Å²) in [6.45, 7) is 4.04. The molecule has 0 aromatic rings. The van der Waals surface area contributed by atoms with Crippen LogP contribution in [0.5, 0.6) is 0 Å². The molecule has 0 saturated carbocycles. The summed E-state index contributed by atoms with van der Waals surface area (Å²) < 4.78 is 5.60. The molecule has 0 rings (SSSR count). The van der Waals surface area contributed by atoms with Crippen molar-refractivity contribution in [1.82, 2.24) is 4.90 Å². The van der Waals surface area contributed by atoms with E-state index >= 15 is 0 Å². The van der Waals surface area contributed by atoms with E-state index in [0.29, 0.717) is 19.6 Å². The summed E-state index contributed by atoms with van der Waals surface area (Å²) in [6.07, 6.45) is 15.5.